The molecule has 29 heavy (non-hydrogen) atoms. The molecule has 1 aromatic carbocycles. The Balaban J connectivity index is 1.56. The number of halogens is 1. The summed E-state index contributed by atoms with van der Waals surface area (Å²) in [6.45, 7) is 1.30. The summed E-state index contributed by atoms with van der Waals surface area (Å²) < 4.78 is 14.4. The van der Waals surface area contributed by atoms with Crippen molar-refractivity contribution >= 4 is 17.6 Å². The Kier molecular flexibility index (Phi) is 7.07. The van der Waals surface area contributed by atoms with Crippen LogP contribution in [0, 0.1) is 5.82 Å². The molecule has 1 aromatic heterocycles. The first-order valence-electron chi connectivity index (χ1n) is 9.46. The molecule has 0 unspecified atom stereocenters. The number of carbonyl (C=O) groups excluding carboxylic acids is 1. The second kappa shape index (κ2) is 9.92. The molecule has 0 saturated carbocycles. The van der Waals surface area contributed by atoms with Crippen LogP contribution >= 0.6 is 0 Å². The summed E-state index contributed by atoms with van der Waals surface area (Å²) in [7, 11) is 1.58. The number of aliphatic hydroxyl groups excluding tert-OH is 1. The molecule has 1 aliphatic rings. The summed E-state index contributed by atoms with van der Waals surface area (Å²) >= 11 is 0. The molecule has 0 aliphatic carbocycles. The third-order valence-electron chi connectivity index (χ3n) is 4.71. The van der Waals surface area contributed by atoms with Crippen molar-refractivity contribution in [1.29, 1.82) is 0 Å². The summed E-state index contributed by atoms with van der Waals surface area (Å²) in [5, 5.41) is 15.9. The van der Waals surface area contributed by atoms with Crippen molar-refractivity contribution in [2.24, 2.45) is 5.16 Å². The van der Waals surface area contributed by atoms with Crippen LogP contribution in [0.1, 0.15) is 24.8 Å². The average molecular weight is 401 g/mol. The van der Waals surface area contributed by atoms with E-state index in [0.29, 0.717) is 30.2 Å². The number of nitrogens with one attached hydrogen (secondary N) is 1. The summed E-state index contributed by atoms with van der Waals surface area (Å²) in [5.74, 6) is 0.0391. The molecule has 2 heterocycles. The van der Waals surface area contributed by atoms with Gasteiger partial charge >= 0.3 is 0 Å². The van der Waals surface area contributed by atoms with E-state index in [2.05, 4.69) is 20.4 Å². The number of hydrogen-bond donors (Lipinski definition) is 2. The van der Waals surface area contributed by atoms with Crippen molar-refractivity contribution in [3.8, 4) is 11.1 Å². The van der Waals surface area contributed by atoms with E-state index in [0.717, 1.165) is 18.6 Å². The Morgan fingerprint density at radius 1 is 1.31 bits per heavy atom. The highest BCUT2D eigenvalue weighted by Gasteiger charge is 2.18. The first kappa shape index (κ1) is 20.7. The molecule has 2 aromatic rings. The van der Waals surface area contributed by atoms with Crippen LogP contribution in [0.25, 0.3) is 11.1 Å². The topological polar surface area (TPSA) is 99.9 Å². The molecule has 2 N–H and O–H groups in total. The number of benzene rings is 1. The first-order valence-corrected chi connectivity index (χ1v) is 9.46. The standard InChI is InChI=1S/C20H24FN5O3/c1-22-18(28)7-10-29-25-16-5-8-26(9-6-16)20-23-11-15(12-24-20)17-4-2-3-14(13-27)19(17)21/h2-4,11-12,27H,5-10,13H2,1H3,(H,22,28). The molecule has 0 radical (unpaired) electrons. The van der Waals surface area contributed by atoms with Crippen molar-refractivity contribution in [1.82, 2.24) is 15.3 Å². The molecule has 0 atom stereocenters. The summed E-state index contributed by atoms with van der Waals surface area (Å²) in [5.41, 5.74) is 2.11. The number of aromatic nitrogens is 2. The monoisotopic (exact) mass is 401 g/mol. The van der Waals surface area contributed by atoms with Crippen molar-refractivity contribution in [3.05, 3.63) is 42.0 Å². The van der Waals surface area contributed by atoms with Gasteiger partial charge in [-0.1, -0.05) is 23.4 Å². The molecule has 9 heteroatoms. The van der Waals surface area contributed by atoms with Gasteiger partial charge in [-0.2, -0.15) is 0 Å². The maximum Gasteiger partial charge on any atom is 0.225 e. The minimum Gasteiger partial charge on any atom is -0.395 e. The molecule has 1 fully saturated rings. The van der Waals surface area contributed by atoms with E-state index in [1.165, 1.54) is 0 Å². The predicted molar refractivity (Wildman–Crippen MR) is 107 cm³/mol. The number of rotatable bonds is 7. The predicted octanol–water partition coefficient (Wildman–Crippen LogP) is 1.88. The lowest BCUT2D eigenvalue weighted by atomic mass is 10.1. The summed E-state index contributed by atoms with van der Waals surface area (Å²) in [6.07, 6.45) is 4.90. The quantitative estimate of drug-likeness (QED) is 0.543. The fourth-order valence-electron chi connectivity index (χ4n) is 3.00. The second-order valence-electron chi connectivity index (χ2n) is 6.61. The zero-order chi connectivity index (χ0) is 20.6. The number of anilines is 1. The van der Waals surface area contributed by atoms with Crippen LogP contribution in [0.2, 0.25) is 0 Å². The number of nitrogens with zero attached hydrogens (tertiary/aromatic N) is 4. The minimum atomic E-state index is -0.457. The van der Waals surface area contributed by atoms with E-state index in [9.17, 15) is 14.3 Å². The average Bonchev–Trinajstić information content (AvgIpc) is 2.77. The van der Waals surface area contributed by atoms with Gasteiger partial charge in [-0.05, 0) is 0 Å². The molecule has 1 aliphatic heterocycles. The number of piperidine rings is 1. The molecule has 0 bridgehead atoms. The maximum atomic E-state index is 14.4. The third-order valence-corrected chi connectivity index (χ3v) is 4.71. The van der Waals surface area contributed by atoms with E-state index in [1.54, 1.807) is 37.6 Å². The lowest BCUT2D eigenvalue weighted by Crippen LogP contribution is -2.35. The van der Waals surface area contributed by atoms with Crippen LogP contribution in [-0.4, -0.2) is 53.4 Å². The lowest BCUT2D eigenvalue weighted by molar-refractivity contribution is -0.121. The number of amides is 1. The zero-order valence-corrected chi connectivity index (χ0v) is 16.3. The van der Waals surface area contributed by atoms with E-state index < -0.39 is 5.82 Å². The number of carbonyl (C=O) groups is 1. The highest BCUT2D eigenvalue weighted by molar-refractivity contribution is 5.86. The number of hydrogen-bond acceptors (Lipinski definition) is 7. The number of oxime groups is 1. The third kappa shape index (κ3) is 5.26. The highest BCUT2D eigenvalue weighted by atomic mass is 19.1. The SMILES string of the molecule is CNC(=O)CCON=C1CCN(c2ncc(-c3cccc(CO)c3F)cn2)CC1. The van der Waals surface area contributed by atoms with Crippen LogP contribution in [0.15, 0.2) is 35.7 Å². The van der Waals surface area contributed by atoms with Gasteiger partial charge in [0, 0.05) is 62.1 Å². The fraction of sp³-hybridized carbons (Fsp3) is 0.400. The Morgan fingerprint density at radius 3 is 2.69 bits per heavy atom. The van der Waals surface area contributed by atoms with E-state index in [4.69, 9.17) is 4.84 Å². The Hall–Kier alpha value is -3.07. The molecule has 0 spiro atoms. The molecule has 154 valence electrons. The maximum absolute atomic E-state index is 14.4. The molecular weight excluding hydrogens is 377 g/mol. The van der Waals surface area contributed by atoms with Crippen LogP contribution in [-0.2, 0) is 16.2 Å². The fourth-order valence-corrected chi connectivity index (χ4v) is 3.00. The van der Waals surface area contributed by atoms with Crippen molar-refractivity contribution in [3.63, 3.8) is 0 Å². The van der Waals surface area contributed by atoms with Crippen LogP contribution in [0.3, 0.4) is 0 Å². The largest absolute Gasteiger partial charge is 0.395 e. The normalized spacial score (nSPS) is 13.9. The smallest absolute Gasteiger partial charge is 0.225 e. The van der Waals surface area contributed by atoms with Gasteiger partial charge in [0.1, 0.15) is 12.4 Å². The van der Waals surface area contributed by atoms with Crippen LogP contribution < -0.4 is 10.2 Å². The minimum absolute atomic E-state index is 0.0800. The van der Waals surface area contributed by atoms with Crippen LogP contribution in [0.4, 0.5) is 10.3 Å². The van der Waals surface area contributed by atoms with E-state index in [1.807, 2.05) is 4.90 Å². The molecule has 3 rings (SSSR count). The first-order chi connectivity index (χ1) is 14.1. The van der Waals surface area contributed by atoms with Gasteiger partial charge in [0.25, 0.3) is 0 Å². The van der Waals surface area contributed by atoms with Crippen molar-refractivity contribution in [2.45, 2.75) is 25.9 Å². The molecule has 1 amide bonds. The summed E-state index contributed by atoms with van der Waals surface area (Å²) in [6, 6.07) is 4.88. The lowest BCUT2D eigenvalue weighted by Gasteiger charge is -2.27. The van der Waals surface area contributed by atoms with Gasteiger partial charge in [-0.15, -0.1) is 0 Å². The van der Waals surface area contributed by atoms with Gasteiger partial charge in [-0.3, -0.25) is 4.79 Å². The summed E-state index contributed by atoms with van der Waals surface area (Å²) in [4.78, 5) is 27.1. The molecular formula is C20H24FN5O3. The van der Waals surface area contributed by atoms with Gasteiger partial charge in [0.15, 0.2) is 0 Å². The van der Waals surface area contributed by atoms with E-state index >= 15 is 0 Å². The highest BCUT2D eigenvalue weighted by Crippen LogP contribution is 2.25. The van der Waals surface area contributed by atoms with Crippen molar-refractivity contribution < 1.29 is 19.1 Å². The molecule has 1 saturated heterocycles. The van der Waals surface area contributed by atoms with Crippen molar-refractivity contribution in [2.75, 3.05) is 31.6 Å². The Labute approximate surface area is 168 Å². The van der Waals surface area contributed by atoms with Gasteiger partial charge < -0.3 is 20.2 Å². The van der Waals surface area contributed by atoms with Gasteiger partial charge in [-0.25, -0.2) is 14.4 Å². The Morgan fingerprint density at radius 2 is 2.03 bits per heavy atom. The van der Waals surface area contributed by atoms with Crippen LogP contribution in [0.5, 0.6) is 0 Å². The van der Waals surface area contributed by atoms with E-state index in [-0.39, 0.29) is 31.1 Å². The second-order valence-corrected chi connectivity index (χ2v) is 6.61. The molecule has 8 nitrogen and oxygen atoms in total. The van der Waals surface area contributed by atoms with Gasteiger partial charge in [0.2, 0.25) is 11.9 Å². The Bertz CT molecular complexity index is 863. The zero-order valence-electron chi connectivity index (χ0n) is 16.3. The number of aliphatic hydroxyl groups is 1. The van der Waals surface area contributed by atoms with Gasteiger partial charge in [0.05, 0.1) is 18.7 Å².